The molecule has 0 aromatic rings. The van der Waals surface area contributed by atoms with Crippen LogP contribution in [0.4, 0.5) is 0 Å². The second-order valence-electron chi connectivity index (χ2n) is 7.34. The number of hydrogen-bond acceptors (Lipinski definition) is 0. The van der Waals surface area contributed by atoms with Crippen molar-refractivity contribution in [3.63, 3.8) is 0 Å². The van der Waals surface area contributed by atoms with Crippen molar-refractivity contribution in [2.75, 3.05) is 0 Å². The first-order valence-corrected chi connectivity index (χ1v) is 9.78. The molecular formula is C23H38. The molecule has 0 aromatic heterocycles. The molecule has 0 bridgehead atoms. The summed E-state index contributed by atoms with van der Waals surface area (Å²) in [5.74, 6) is 0.877. The van der Waals surface area contributed by atoms with E-state index in [1.807, 2.05) is 0 Å². The molecular weight excluding hydrogens is 276 g/mol. The topological polar surface area (TPSA) is 0 Å². The molecule has 0 heterocycles. The summed E-state index contributed by atoms with van der Waals surface area (Å²) in [6, 6.07) is 0. The molecule has 0 aromatic carbocycles. The summed E-state index contributed by atoms with van der Waals surface area (Å²) < 4.78 is 0. The van der Waals surface area contributed by atoms with E-state index in [1.54, 1.807) is 0 Å². The van der Waals surface area contributed by atoms with Gasteiger partial charge in [0.2, 0.25) is 0 Å². The van der Waals surface area contributed by atoms with E-state index in [4.69, 9.17) is 0 Å². The first kappa shape index (κ1) is 20.0. The van der Waals surface area contributed by atoms with Crippen LogP contribution in [0.1, 0.15) is 85.5 Å². The molecule has 0 nitrogen and oxygen atoms in total. The minimum Gasteiger partial charge on any atom is -0.0998 e. The highest BCUT2D eigenvalue weighted by atomic mass is 14.3. The van der Waals surface area contributed by atoms with E-state index in [-0.39, 0.29) is 0 Å². The maximum Gasteiger partial charge on any atom is -0.0163 e. The molecule has 1 rings (SSSR count). The summed E-state index contributed by atoms with van der Waals surface area (Å²) >= 11 is 0. The van der Waals surface area contributed by atoms with Crippen LogP contribution in [0.25, 0.3) is 0 Å². The lowest BCUT2D eigenvalue weighted by molar-refractivity contribution is 0.254. The monoisotopic (exact) mass is 314 g/mol. The molecule has 0 saturated heterocycles. The molecule has 0 spiro atoms. The lowest BCUT2D eigenvalue weighted by Gasteiger charge is -2.33. The molecule has 0 fully saturated rings. The first-order valence-electron chi connectivity index (χ1n) is 9.78. The third-order valence-electron chi connectivity index (χ3n) is 5.82. The van der Waals surface area contributed by atoms with Gasteiger partial charge in [-0.3, -0.25) is 0 Å². The average molecular weight is 315 g/mol. The quantitative estimate of drug-likeness (QED) is 0.341. The van der Waals surface area contributed by atoms with E-state index >= 15 is 0 Å². The number of allylic oxidation sites excluding steroid dienone is 7. The Morgan fingerprint density at radius 2 is 1.83 bits per heavy atom. The van der Waals surface area contributed by atoms with Crippen LogP contribution in [0.5, 0.6) is 0 Å². The van der Waals surface area contributed by atoms with Gasteiger partial charge >= 0.3 is 0 Å². The van der Waals surface area contributed by atoms with Crippen LogP contribution in [-0.2, 0) is 0 Å². The zero-order valence-electron chi connectivity index (χ0n) is 16.0. The van der Waals surface area contributed by atoms with Gasteiger partial charge in [0.25, 0.3) is 0 Å². The van der Waals surface area contributed by atoms with Crippen LogP contribution in [0.3, 0.4) is 0 Å². The molecule has 0 N–H and O–H groups in total. The van der Waals surface area contributed by atoms with Crippen molar-refractivity contribution in [1.82, 2.24) is 0 Å². The van der Waals surface area contributed by atoms with Gasteiger partial charge in [0.15, 0.2) is 0 Å². The van der Waals surface area contributed by atoms with Gasteiger partial charge in [-0.2, -0.15) is 0 Å². The van der Waals surface area contributed by atoms with Gasteiger partial charge in [0.1, 0.15) is 0 Å². The molecule has 0 saturated carbocycles. The van der Waals surface area contributed by atoms with Crippen molar-refractivity contribution in [1.29, 1.82) is 0 Å². The van der Waals surface area contributed by atoms with Crippen molar-refractivity contribution in [3.8, 4) is 0 Å². The second-order valence-corrected chi connectivity index (χ2v) is 7.34. The molecule has 23 heavy (non-hydrogen) atoms. The van der Waals surface area contributed by atoms with E-state index in [0.717, 1.165) is 12.3 Å². The fourth-order valence-corrected chi connectivity index (χ4v) is 3.71. The minimum atomic E-state index is 0.388. The predicted molar refractivity (Wildman–Crippen MR) is 106 cm³/mol. The van der Waals surface area contributed by atoms with E-state index in [1.165, 1.54) is 62.5 Å². The Hall–Kier alpha value is -1.04. The van der Waals surface area contributed by atoms with E-state index < -0.39 is 0 Å². The van der Waals surface area contributed by atoms with Gasteiger partial charge < -0.3 is 0 Å². The molecule has 0 atom stereocenters. The Bertz CT molecular complexity index is 425. The third-order valence-corrected chi connectivity index (χ3v) is 5.82. The van der Waals surface area contributed by atoms with Gasteiger partial charge in [-0.15, -0.1) is 0 Å². The predicted octanol–water partition coefficient (Wildman–Crippen LogP) is 7.79. The second kappa shape index (κ2) is 10.7. The third kappa shape index (κ3) is 6.94. The van der Waals surface area contributed by atoms with Crippen LogP contribution in [-0.4, -0.2) is 0 Å². The van der Waals surface area contributed by atoms with E-state index in [9.17, 15) is 0 Å². The molecule has 1 aliphatic carbocycles. The van der Waals surface area contributed by atoms with Crippen LogP contribution in [0, 0.1) is 11.3 Å². The molecule has 0 aliphatic heterocycles. The Kier molecular flexibility index (Phi) is 9.29. The maximum absolute atomic E-state index is 4.44. The zero-order chi connectivity index (χ0) is 17.1. The summed E-state index contributed by atoms with van der Waals surface area (Å²) in [5, 5.41) is 0. The largest absolute Gasteiger partial charge is 0.0998 e. The highest BCUT2D eigenvalue weighted by molar-refractivity contribution is 5.28. The van der Waals surface area contributed by atoms with Crippen LogP contribution in [0.2, 0.25) is 0 Å². The van der Waals surface area contributed by atoms with Gasteiger partial charge in [0.05, 0.1) is 0 Å². The van der Waals surface area contributed by atoms with Crippen molar-refractivity contribution in [3.05, 3.63) is 48.1 Å². The normalized spacial score (nSPS) is 14.9. The fraction of sp³-hybridized carbons (Fsp3) is 0.652. The molecule has 0 radical (unpaired) electrons. The summed E-state index contributed by atoms with van der Waals surface area (Å²) in [5.41, 5.74) is 3.34. The van der Waals surface area contributed by atoms with Gasteiger partial charge in [-0.05, 0) is 61.9 Å². The lowest BCUT2D eigenvalue weighted by Crippen LogP contribution is -2.20. The zero-order valence-corrected chi connectivity index (χ0v) is 16.0. The molecule has 0 amide bonds. The van der Waals surface area contributed by atoms with Gasteiger partial charge in [0, 0.05) is 0 Å². The van der Waals surface area contributed by atoms with Crippen molar-refractivity contribution >= 4 is 0 Å². The fourth-order valence-electron chi connectivity index (χ4n) is 3.71. The van der Waals surface area contributed by atoms with Crippen molar-refractivity contribution < 1.29 is 0 Å². The SMILES string of the molecule is C=C(CCC(CC)CC)CC(CC)(CC)CC1=CC=CCC=C1. The highest BCUT2D eigenvalue weighted by Crippen LogP contribution is 2.41. The van der Waals surface area contributed by atoms with Crippen molar-refractivity contribution in [2.24, 2.45) is 11.3 Å². The van der Waals surface area contributed by atoms with E-state index in [2.05, 4.69) is 64.7 Å². The van der Waals surface area contributed by atoms with E-state index in [0.29, 0.717) is 5.41 Å². The standard InChI is InChI=1S/C23H38/c1-6-21(7-2)17-16-20(5)18-23(8-3,9-4)19-22-14-12-10-11-13-15-22/h10,12-15,21H,5-9,11,16-19H2,1-4H3. The molecule has 130 valence electrons. The highest BCUT2D eigenvalue weighted by Gasteiger charge is 2.27. The maximum atomic E-state index is 4.44. The van der Waals surface area contributed by atoms with Crippen LogP contribution in [0.15, 0.2) is 48.1 Å². The van der Waals surface area contributed by atoms with Crippen LogP contribution < -0.4 is 0 Å². The Labute approximate surface area is 145 Å². The summed E-state index contributed by atoms with van der Waals surface area (Å²) in [7, 11) is 0. The Morgan fingerprint density at radius 1 is 1.13 bits per heavy atom. The summed E-state index contributed by atoms with van der Waals surface area (Å²) in [6.07, 6.45) is 22.4. The molecule has 0 unspecified atom stereocenters. The molecule has 1 aliphatic rings. The summed E-state index contributed by atoms with van der Waals surface area (Å²) in [4.78, 5) is 0. The average Bonchev–Trinajstić information content (AvgIpc) is 2.83. The number of hydrogen-bond donors (Lipinski definition) is 0. The van der Waals surface area contributed by atoms with Gasteiger partial charge in [-0.25, -0.2) is 0 Å². The van der Waals surface area contributed by atoms with Gasteiger partial charge in [-0.1, -0.05) is 83.1 Å². The minimum absolute atomic E-state index is 0.388. The molecule has 0 heteroatoms. The smallest absolute Gasteiger partial charge is 0.0163 e. The van der Waals surface area contributed by atoms with Crippen LogP contribution >= 0.6 is 0 Å². The summed E-state index contributed by atoms with van der Waals surface area (Å²) in [6.45, 7) is 13.8. The van der Waals surface area contributed by atoms with Crippen molar-refractivity contribution in [2.45, 2.75) is 85.5 Å². The lowest BCUT2D eigenvalue weighted by atomic mass is 9.71. The first-order chi connectivity index (χ1) is 11.1. The Morgan fingerprint density at radius 3 is 2.43 bits per heavy atom. The Balaban J connectivity index is 2.66. The number of rotatable bonds is 11.